The lowest BCUT2D eigenvalue weighted by atomic mass is 10.4. The van der Waals surface area contributed by atoms with Crippen LogP contribution in [0, 0.1) is 6.92 Å². The Morgan fingerprint density at radius 3 is 2.69 bits per heavy atom. The molecule has 0 unspecified atom stereocenters. The molecule has 2 aromatic heterocycles. The predicted octanol–water partition coefficient (Wildman–Crippen LogP) is -0.723. The molecule has 2 heterocycles. The van der Waals surface area contributed by atoms with Crippen molar-refractivity contribution >= 4 is 0 Å². The number of aryl methyl sites for hydroxylation is 2. The molecule has 84 valence electrons. The van der Waals surface area contributed by atoms with Gasteiger partial charge in [0.2, 0.25) is 11.6 Å². The van der Waals surface area contributed by atoms with E-state index < -0.39 is 0 Å². The summed E-state index contributed by atoms with van der Waals surface area (Å²) in [6.07, 6.45) is 0. The van der Waals surface area contributed by atoms with Crippen LogP contribution in [-0.2, 0) is 7.05 Å². The SMILES string of the molecule is COc1c(C)nc(-c2nnn(C)n2)[nH]c1=O. The second-order valence-electron chi connectivity index (χ2n) is 3.14. The molecule has 0 aliphatic carbocycles. The summed E-state index contributed by atoms with van der Waals surface area (Å²) >= 11 is 0. The Bertz CT molecular complexity index is 572. The molecule has 0 spiro atoms. The second kappa shape index (κ2) is 3.72. The molecule has 0 radical (unpaired) electrons. The van der Waals surface area contributed by atoms with Gasteiger partial charge in [0.05, 0.1) is 19.9 Å². The predicted molar refractivity (Wildman–Crippen MR) is 53.9 cm³/mol. The zero-order valence-corrected chi connectivity index (χ0v) is 9.05. The van der Waals surface area contributed by atoms with E-state index in [1.807, 2.05) is 0 Å². The van der Waals surface area contributed by atoms with Crippen LogP contribution in [0.4, 0.5) is 0 Å². The Morgan fingerprint density at radius 1 is 1.44 bits per heavy atom. The van der Waals surface area contributed by atoms with Gasteiger partial charge in [0.25, 0.3) is 5.56 Å². The first kappa shape index (κ1) is 10.3. The first-order valence-electron chi connectivity index (χ1n) is 4.51. The molecule has 2 aromatic rings. The average molecular weight is 222 g/mol. The fraction of sp³-hybridized carbons (Fsp3) is 0.375. The van der Waals surface area contributed by atoms with Crippen molar-refractivity contribution in [3.63, 3.8) is 0 Å². The number of aromatic amines is 1. The maximum absolute atomic E-state index is 11.6. The highest BCUT2D eigenvalue weighted by molar-refractivity contribution is 5.42. The minimum atomic E-state index is -0.363. The van der Waals surface area contributed by atoms with Gasteiger partial charge in [-0.3, -0.25) is 4.79 Å². The van der Waals surface area contributed by atoms with Gasteiger partial charge in [-0.1, -0.05) is 0 Å². The van der Waals surface area contributed by atoms with Gasteiger partial charge >= 0.3 is 0 Å². The van der Waals surface area contributed by atoms with Crippen LogP contribution in [0.3, 0.4) is 0 Å². The Hall–Kier alpha value is -2.25. The number of methoxy groups -OCH3 is 1. The first-order valence-corrected chi connectivity index (χ1v) is 4.51. The van der Waals surface area contributed by atoms with Crippen LogP contribution in [0.5, 0.6) is 5.75 Å². The lowest BCUT2D eigenvalue weighted by Gasteiger charge is -2.02. The van der Waals surface area contributed by atoms with Crippen LogP contribution in [-0.4, -0.2) is 37.3 Å². The first-order chi connectivity index (χ1) is 7.61. The maximum atomic E-state index is 11.6. The quantitative estimate of drug-likeness (QED) is 0.719. The van der Waals surface area contributed by atoms with Crippen molar-refractivity contribution in [2.24, 2.45) is 7.05 Å². The van der Waals surface area contributed by atoms with E-state index in [-0.39, 0.29) is 23.0 Å². The number of hydrogen-bond acceptors (Lipinski definition) is 6. The zero-order valence-electron chi connectivity index (χ0n) is 9.05. The molecule has 0 fully saturated rings. The molecular weight excluding hydrogens is 212 g/mol. The second-order valence-corrected chi connectivity index (χ2v) is 3.14. The highest BCUT2D eigenvalue weighted by Gasteiger charge is 2.12. The molecular formula is C8H10N6O2. The van der Waals surface area contributed by atoms with Gasteiger partial charge in [0.1, 0.15) is 0 Å². The van der Waals surface area contributed by atoms with E-state index in [0.717, 1.165) is 0 Å². The van der Waals surface area contributed by atoms with E-state index >= 15 is 0 Å². The molecule has 0 saturated carbocycles. The number of hydrogen-bond donors (Lipinski definition) is 1. The van der Waals surface area contributed by atoms with Gasteiger partial charge < -0.3 is 9.72 Å². The molecule has 1 N–H and O–H groups in total. The molecule has 0 atom stereocenters. The van der Waals surface area contributed by atoms with Crippen LogP contribution in [0.15, 0.2) is 4.79 Å². The van der Waals surface area contributed by atoms with Crippen LogP contribution in [0.1, 0.15) is 5.69 Å². The van der Waals surface area contributed by atoms with Crippen LogP contribution in [0.2, 0.25) is 0 Å². The van der Waals surface area contributed by atoms with E-state index in [0.29, 0.717) is 5.69 Å². The summed E-state index contributed by atoms with van der Waals surface area (Å²) in [5, 5.41) is 11.3. The highest BCUT2D eigenvalue weighted by Crippen LogP contribution is 2.11. The highest BCUT2D eigenvalue weighted by atomic mass is 16.5. The minimum absolute atomic E-state index is 0.188. The Kier molecular flexibility index (Phi) is 2.39. The molecule has 8 nitrogen and oxygen atoms in total. The van der Waals surface area contributed by atoms with Gasteiger partial charge in [-0.05, 0) is 12.1 Å². The van der Waals surface area contributed by atoms with Crippen LogP contribution >= 0.6 is 0 Å². The van der Waals surface area contributed by atoms with E-state index in [1.165, 1.54) is 11.9 Å². The molecule has 0 saturated heterocycles. The van der Waals surface area contributed by atoms with Crippen molar-refractivity contribution < 1.29 is 4.74 Å². The summed E-state index contributed by atoms with van der Waals surface area (Å²) in [4.78, 5) is 19.5. The Balaban J connectivity index is 2.56. The van der Waals surface area contributed by atoms with Crippen LogP contribution in [0.25, 0.3) is 11.6 Å². The van der Waals surface area contributed by atoms with E-state index in [2.05, 4.69) is 25.4 Å². The summed E-state index contributed by atoms with van der Waals surface area (Å²) < 4.78 is 4.90. The lowest BCUT2D eigenvalue weighted by Crippen LogP contribution is -2.14. The van der Waals surface area contributed by atoms with Crippen molar-refractivity contribution in [2.45, 2.75) is 6.92 Å². The summed E-state index contributed by atoms with van der Waals surface area (Å²) in [5.74, 6) is 0.731. The van der Waals surface area contributed by atoms with Crippen molar-refractivity contribution in [1.82, 2.24) is 30.2 Å². The third kappa shape index (κ3) is 1.64. The topological polar surface area (TPSA) is 98.6 Å². The monoisotopic (exact) mass is 222 g/mol. The van der Waals surface area contributed by atoms with Gasteiger partial charge in [0.15, 0.2) is 5.82 Å². The maximum Gasteiger partial charge on any atom is 0.293 e. The van der Waals surface area contributed by atoms with Gasteiger partial charge in [-0.15, -0.1) is 10.2 Å². The fourth-order valence-electron chi connectivity index (χ4n) is 1.30. The largest absolute Gasteiger partial charge is 0.490 e. The van der Waals surface area contributed by atoms with Gasteiger partial charge in [0, 0.05) is 0 Å². The molecule has 0 amide bonds. The van der Waals surface area contributed by atoms with E-state index in [1.54, 1.807) is 14.0 Å². The smallest absolute Gasteiger partial charge is 0.293 e. The molecule has 2 rings (SSSR count). The Labute approximate surface area is 90.3 Å². The summed E-state index contributed by atoms with van der Waals surface area (Å²) in [7, 11) is 3.05. The van der Waals surface area contributed by atoms with Crippen LogP contribution < -0.4 is 10.3 Å². The summed E-state index contributed by atoms with van der Waals surface area (Å²) in [6, 6.07) is 0. The number of nitrogens with one attached hydrogen (secondary N) is 1. The van der Waals surface area contributed by atoms with E-state index in [4.69, 9.17) is 4.74 Å². The number of rotatable bonds is 2. The van der Waals surface area contributed by atoms with Gasteiger partial charge in [-0.2, -0.15) is 4.80 Å². The van der Waals surface area contributed by atoms with Crippen molar-refractivity contribution in [3.8, 4) is 17.4 Å². The number of nitrogens with zero attached hydrogens (tertiary/aromatic N) is 5. The zero-order chi connectivity index (χ0) is 11.7. The number of aromatic nitrogens is 6. The van der Waals surface area contributed by atoms with Gasteiger partial charge in [-0.25, -0.2) is 4.98 Å². The third-order valence-corrected chi connectivity index (χ3v) is 1.97. The average Bonchev–Trinajstić information content (AvgIpc) is 2.64. The summed E-state index contributed by atoms with van der Waals surface area (Å²) in [5.41, 5.74) is 0.117. The molecule has 0 aliphatic rings. The van der Waals surface area contributed by atoms with E-state index in [9.17, 15) is 4.79 Å². The fourth-order valence-corrected chi connectivity index (χ4v) is 1.30. The lowest BCUT2D eigenvalue weighted by molar-refractivity contribution is 0.402. The van der Waals surface area contributed by atoms with Crippen molar-refractivity contribution in [1.29, 1.82) is 0 Å². The normalized spacial score (nSPS) is 10.4. The minimum Gasteiger partial charge on any atom is -0.490 e. The Morgan fingerprint density at radius 2 is 2.19 bits per heavy atom. The van der Waals surface area contributed by atoms with Crippen molar-refractivity contribution in [3.05, 3.63) is 16.0 Å². The third-order valence-electron chi connectivity index (χ3n) is 1.97. The number of H-pyrrole nitrogens is 1. The molecule has 16 heavy (non-hydrogen) atoms. The molecule has 0 aliphatic heterocycles. The number of tetrazole rings is 1. The summed E-state index contributed by atoms with van der Waals surface area (Å²) in [6.45, 7) is 1.67. The number of ether oxygens (including phenoxy) is 1. The molecule has 0 bridgehead atoms. The molecule has 8 heteroatoms. The van der Waals surface area contributed by atoms with Crippen molar-refractivity contribution in [2.75, 3.05) is 7.11 Å². The molecule has 0 aromatic carbocycles. The standard InChI is InChI=1S/C8H10N6O2/c1-4-5(16-3)8(15)10-6(9-4)7-11-13-14(2)12-7/h1-3H3,(H,9,10,15).